The molecule has 9 heteroatoms. The fourth-order valence-corrected chi connectivity index (χ4v) is 4.75. The summed E-state index contributed by atoms with van der Waals surface area (Å²) in [5.74, 6) is -0.737. The molecule has 2 rings (SSSR count). The maximum absolute atomic E-state index is 13.8. The number of para-hydroxylation sites is 1. The zero-order valence-corrected chi connectivity index (χ0v) is 22.6. The lowest BCUT2D eigenvalue weighted by Gasteiger charge is -2.35. The minimum Gasteiger partial charge on any atom is -0.350 e. The molecule has 0 heterocycles. The molecule has 0 radical (unpaired) electrons. The molecule has 0 fully saturated rings. The predicted molar refractivity (Wildman–Crippen MR) is 140 cm³/mol. The van der Waals surface area contributed by atoms with Crippen molar-refractivity contribution in [1.82, 2.24) is 14.5 Å². The van der Waals surface area contributed by atoms with Gasteiger partial charge in [-0.3, -0.25) is 9.59 Å². The number of rotatable bonds is 10. The average molecular weight is 503 g/mol. The Labute approximate surface area is 210 Å². The highest BCUT2D eigenvalue weighted by molar-refractivity contribution is 7.90. The van der Waals surface area contributed by atoms with Crippen molar-refractivity contribution in [3.63, 3.8) is 0 Å². The average Bonchev–Trinajstić information content (AvgIpc) is 2.76. The Bertz CT molecular complexity index is 1110. The predicted octanol–water partition coefficient (Wildman–Crippen LogP) is 3.33. The van der Waals surface area contributed by atoms with E-state index in [9.17, 15) is 18.0 Å². The molecule has 0 spiro atoms. The number of carbonyl (C=O) groups is 2. The molecule has 2 aromatic rings. The molecule has 0 aliphatic heterocycles. The number of benzene rings is 2. The van der Waals surface area contributed by atoms with Crippen LogP contribution in [0.1, 0.15) is 45.2 Å². The van der Waals surface area contributed by atoms with Crippen molar-refractivity contribution in [3.05, 3.63) is 65.7 Å². The molecule has 1 N–H and O–H groups in total. The summed E-state index contributed by atoms with van der Waals surface area (Å²) in [5, 5.41) is 2.96. The standard InChI is InChI=1S/C26H38N4O4S/c1-8-23(25(32)27-26(3,4)5)29(18-21-14-12-13-20(2)17-21)24(31)19-30(35(33,34)28(6)7)22-15-10-9-11-16-22/h9-17,23H,8,18-19H2,1-7H3,(H,27,32)/t23-/m1/s1. The smallest absolute Gasteiger partial charge is 0.304 e. The van der Waals surface area contributed by atoms with Crippen LogP contribution >= 0.6 is 0 Å². The molecule has 2 amide bonds. The quantitative estimate of drug-likeness (QED) is 0.540. The summed E-state index contributed by atoms with van der Waals surface area (Å²) in [6, 6.07) is 15.4. The number of aryl methyl sites for hydroxylation is 1. The SMILES string of the molecule is CC[C@H](C(=O)NC(C)(C)C)N(Cc1cccc(C)c1)C(=O)CN(c1ccccc1)S(=O)(=O)N(C)C. The molecular weight excluding hydrogens is 464 g/mol. The van der Waals surface area contributed by atoms with Gasteiger partial charge in [-0.05, 0) is 51.8 Å². The second-order valence-electron chi connectivity index (χ2n) is 9.81. The van der Waals surface area contributed by atoms with E-state index >= 15 is 0 Å². The monoisotopic (exact) mass is 502 g/mol. The number of nitrogens with zero attached hydrogens (tertiary/aromatic N) is 3. The van der Waals surface area contributed by atoms with Crippen molar-refractivity contribution < 1.29 is 18.0 Å². The van der Waals surface area contributed by atoms with E-state index < -0.39 is 34.2 Å². The lowest BCUT2D eigenvalue weighted by Crippen LogP contribution is -2.55. The van der Waals surface area contributed by atoms with Gasteiger partial charge in [-0.25, -0.2) is 4.31 Å². The Kier molecular flexibility index (Phi) is 9.45. The number of anilines is 1. The molecule has 0 bridgehead atoms. The summed E-state index contributed by atoms with van der Waals surface area (Å²) in [6.45, 7) is 9.19. The number of hydrogen-bond acceptors (Lipinski definition) is 4. The van der Waals surface area contributed by atoms with Crippen molar-refractivity contribution in [2.24, 2.45) is 0 Å². The molecule has 0 saturated carbocycles. The van der Waals surface area contributed by atoms with Crippen LogP contribution in [0.15, 0.2) is 54.6 Å². The zero-order valence-electron chi connectivity index (χ0n) is 21.8. The number of carbonyl (C=O) groups excluding carboxylic acids is 2. The van der Waals surface area contributed by atoms with E-state index in [1.54, 1.807) is 30.3 Å². The summed E-state index contributed by atoms with van der Waals surface area (Å²) in [6.07, 6.45) is 0.380. The molecule has 192 valence electrons. The van der Waals surface area contributed by atoms with E-state index in [1.807, 2.05) is 58.9 Å². The number of nitrogens with one attached hydrogen (secondary N) is 1. The molecule has 0 aromatic heterocycles. The Morgan fingerprint density at radius 2 is 1.63 bits per heavy atom. The highest BCUT2D eigenvalue weighted by Gasteiger charge is 2.34. The van der Waals surface area contributed by atoms with E-state index in [2.05, 4.69) is 5.32 Å². The van der Waals surface area contributed by atoms with Crippen LogP contribution < -0.4 is 9.62 Å². The van der Waals surface area contributed by atoms with E-state index in [-0.39, 0.29) is 12.5 Å². The van der Waals surface area contributed by atoms with Gasteiger partial charge in [0.05, 0.1) is 5.69 Å². The molecule has 0 aliphatic carbocycles. The van der Waals surface area contributed by atoms with Gasteiger partial charge < -0.3 is 10.2 Å². The molecule has 0 unspecified atom stereocenters. The third-order valence-electron chi connectivity index (χ3n) is 5.38. The van der Waals surface area contributed by atoms with Gasteiger partial charge in [-0.2, -0.15) is 12.7 Å². The van der Waals surface area contributed by atoms with Gasteiger partial charge in [0.1, 0.15) is 12.6 Å². The number of amides is 2. The van der Waals surface area contributed by atoms with Crippen molar-refractivity contribution in [2.45, 2.75) is 59.2 Å². The second-order valence-corrected chi connectivity index (χ2v) is 11.9. The largest absolute Gasteiger partial charge is 0.350 e. The first-order valence-corrected chi connectivity index (χ1v) is 13.1. The maximum atomic E-state index is 13.8. The first-order chi connectivity index (χ1) is 16.3. The highest BCUT2D eigenvalue weighted by Crippen LogP contribution is 2.21. The van der Waals surface area contributed by atoms with Crippen LogP contribution in [0.25, 0.3) is 0 Å². The van der Waals surface area contributed by atoms with Gasteiger partial charge in [0, 0.05) is 26.2 Å². The molecule has 0 saturated heterocycles. The Balaban J connectivity index is 2.50. The lowest BCUT2D eigenvalue weighted by molar-refractivity contribution is -0.141. The highest BCUT2D eigenvalue weighted by atomic mass is 32.2. The number of hydrogen-bond donors (Lipinski definition) is 1. The van der Waals surface area contributed by atoms with Gasteiger partial charge in [0.15, 0.2) is 0 Å². The normalized spacial score (nSPS) is 12.8. The lowest BCUT2D eigenvalue weighted by atomic mass is 10.0. The van der Waals surface area contributed by atoms with Crippen molar-refractivity contribution >= 4 is 27.7 Å². The van der Waals surface area contributed by atoms with Crippen molar-refractivity contribution in [3.8, 4) is 0 Å². The van der Waals surface area contributed by atoms with Gasteiger partial charge in [-0.1, -0.05) is 55.0 Å². The molecule has 8 nitrogen and oxygen atoms in total. The second kappa shape index (κ2) is 11.7. The third-order valence-corrected chi connectivity index (χ3v) is 7.20. The molecular formula is C26H38N4O4S. The van der Waals surface area contributed by atoms with E-state index in [0.29, 0.717) is 12.1 Å². The minimum atomic E-state index is -3.96. The van der Waals surface area contributed by atoms with Gasteiger partial charge in [0.2, 0.25) is 11.8 Å². The van der Waals surface area contributed by atoms with Crippen molar-refractivity contribution in [2.75, 3.05) is 24.9 Å². The van der Waals surface area contributed by atoms with Crippen molar-refractivity contribution in [1.29, 1.82) is 0 Å². The van der Waals surface area contributed by atoms with Crippen LogP contribution in [-0.4, -0.2) is 61.7 Å². The molecule has 2 aromatic carbocycles. The van der Waals surface area contributed by atoms with Crippen LogP contribution in [0.5, 0.6) is 0 Å². The van der Waals surface area contributed by atoms with Crippen LogP contribution in [0.2, 0.25) is 0 Å². The first-order valence-electron chi connectivity index (χ1n) is 11.7. The third kappa shape index (κ3) is 7.80. The Morgan fingerprint density at radius 3 is 2.14 bits per heavy atom. The molecule has 1 atom stereocenters. The van der Waals surface area contributed by atoms with Crippen LogP contribution in [0, 0.1) is 6.92 Å². The Hall–Kier alpha value is -2.91. The zero-order chi connectivity index (χ0) is 26.4. The van der Waals surface area contributed by atoms with Crippen LogP contribution in [0.3, 0.4) is 0 Å². The fourth-order valence-electron chi connectivity index (χ4n) is 3.69. The summed E-state index contributed by atoms with van der Waals surface area (Å²) in [4.78, 5) is 28.5. The van der Waals surface area contributed by atoms with Gasteiger partial charge >= 0.3 is 10.2 Å². The van der Waals surface area contributed by atoms with E-state index in [4.69, 9.17) is 0 Å². The van der Waals surface area contributed by atoms with E-state index in [1.165, 1.54) is 19.0 Å². The van der Waals surface area contributed by atoms with Gasteiger partial charge in [0.25, 0.3) is 0 Å². The minimum absolute atomic E-state index is 0.182. The first kappa shape index (κ1) is 28.3. The summed E-state index contributed by atoms with van der Waals surface area (Å²) in [7, 11) is -1.12. The Morgan fingerprint density at radius 1 is 1.00 bits per heavy atom. The van der Waals surface area contributed by atoms with E-state index in [0.717, 1.165) is 19.7 Å². The van der Waals surface area contributed by atoms with Crippen LogP contribution in [0.4, 0.5) is 5.69 Å². The topological polar surface area (TPSA) is 90.0 Å². The summed E-state index contributed by atoms with van der Waals surface area (Å²) in [5.41, 5.74) is 1.79. The fraction of sp³-hybridized carbons (Fsp3) is 0.462. The van der Waals surface area contributed by atoms with Gasteiger partial charge in [-0.15, -0.1) is 0 Å². The van der Waals surface area contributed by atoms with Crippen LogP contribution in [-0.2, 0) is 26.3 Å². The summed E-state index contributed by atoms with van der Waals surface area (Å²) >= 11 is 0. The maximum Gasteiger partial charge on any atom is 0.304 e. The molecule has 0 aliphatic rings. The molecule has 35 heavy (non-hydrogen) atoms. The summed E-state index contributed by atoms with van der Waals surface area (Å²) < 4.78 is 28.5.